The van der Waals surface area contributed by atoms with Crippen LogP contribution in [0.4, 0.5) is 4.39 Å². The van der Waals surface area contributed by atoms with Crippen LogP contribution in [0.2, 0.25) is 5.02 Å². The molecular weight excluding hydrogens is 245 g/mol. The highest BCUT2D eigenvalue weighted by atomic mass is 35.5. The third kappa shape index (κ3) is 2.31. The Morgan fingerprint density at radius 1 is 1.53 bits per heavy atom. The lowest BCUT2D eigenvalue weighted by atomic mass is 10.2. The summed E-state index contributed by atoms with van der Waals surface area (Å²) in [5.41, 5.74) is 6.35. The Kier molecular flexibility index (Phi) is 3.42. The van der Waals surface area contributed by atoms with E-state index in [0.717, 1.165) is 0 Å². The van der Waals surface area contributed by atoms with Crippen molar-refractivity contribution in [1.29, 1.82) is 0 Å². The highest BCUT2D eigenvalue weighted by Crippen LogP contribution is 2.21. The molecule has 0 radical (unpaired) electrons. The Labute approximate surface area is 102 Å². The van der Waals surface area contributed by atoms with Gasteiger partial charge in [-0.1, -0.05) is 11.6 Å². The number of nitrogens with zero attached hydrogens (tertiary/aromatic N) is 2. The van der Waals surface area contributed by atoms with E-state index in [1.54, 1.807) is 23.0 Å². The summed E-state index contributed by atoms with van der Waals surface area (Å²) in [6, 6.07) is 3.73. The molecule has 3 N–H and O–H groups in total. The van der Waals surface area contributed by atoms with Crippen molar-refractivity contribution in [2.24, 2.45) is 5.73 Å². The lowest BCUT2D eigenvalue weighted by Crippen LogP contribution is -2.19. The molecule has 0 saturated carbocycles. The summed E-state index contributed by atoms with van der Waals surface area (Å²) >= 11 is 5.71. The number of hydrogen-bond acceptors (Lipinski definition) is 3. The van der Waals surface area contributed by atoms with Gasteiger partial charge in [0.15, 0.2) is 0 Å². The van der Waals surface area contributed by atoms with E-state index in [1.807, 2.05) is 0 Å². The summed E-state index contributed by atoms with van der Waals surface area (Å²) in [6.07, 6.45) is 3.23. The van der Waals surface area contributed by atoms with Gasteiger partial charge in [-0.05, 0) is 18.2 Å². The molecule has 1 aromatic heterocycles. The van der Waals surface area contributed by atoms with E-state index in [2.05, 4.69) is 4.98 Å². The molecule has 0 aliphatic heterocycles. The molecule has 0 aliphatic rings. The van der Waals surface area contributed by atoms with E-state index in [1.165, 1.54) is 12.1 Å². The van der Waals surface area contributed by atoms with Crippen molar-refractivity contribution in [2.75, 3.05) is 6.61 Å². The van der Waals surface area contributed by atoms with Gasteiger partial charge in [0.25, 0.3) is 0 Å². The summed E-state index contributed by atoms with van der Waals surface area (Å²) < 4.78 is 14.7. The van der Waals surface area contributed by atoms with Crippen LogP contribution in [-0.4, -0.2) is 21.3 Å². The Balaban J connectivity index is 2.46. The van der Waals surface area contributed by atoms with Crippen molar-refractivity contribution in [3.8, 4) is 5.69 Å². The summed E-state index contributed by atoms with van der Waals surface area (Å²) in [5.74, 6) is 0.0127. The Hall–Kier alpha value is -1.43. The Bertz CT molecular complexity index is 529. The van der Waals surface area contributed by atoms with Crippen molar-refractivity contribution < 1.29 is 9.50 Å². The monoisotopic (exact) mass is 255 g/mol. The van der Waals surface area contributed by atoms with Crippen molar-refractivity contribution in [1.82, 2.24) is 9.55 Å². The quantitative estimate of drug-likeness (QED) is 0.877. The third-order valence-electron chi connectivity index (χ3n) is 2.38. The largest absolute Gasteiger partial charge is 0.394 e. The maximum absolute atomic E-state index is 13.0. The zero-order chi connectivity index (χ0) is 12.4. The first-order valence-corrected chi connectivity index (χ1v) is 5.36. The van der Waals surface area contributed by atoms with E-state index in [0.29, 0.717) is 11.5 Å². The fourth-order valence-corrected chi connectivity index (χ4v) is 1.70. The fraction of sp³-hybridized carbons (Fsp3) is 0.182. The number of aliphatic hydroxyl groups is 1. The minimum atomic E-state index is -0.589. The zero-order valence-corrected chi connectivity index (χ0v) is 9.60. The lowest BCUT2D eigenvalue weighted by molar-refractivity contribution is 0.262. The molecule has 1 unspecified atom stereocenters. The minimum absolute atomic E-state index is 0.0275. The molecule has 0 amide bonds. The molecule has 1 aromatic carbocycles. The first kappa shape index (κ1) is 12.0. The van der Waals surface area contributed by atoms with E-state index in [4.69, 9.17) is 22.4 Å². The van der Waals surface area contributed by atoms with Crippen LogP contribution in [0.1, 0.15) is 11.9 Å². The van der Waals surface area contributed by atoms with Gasteiger partial charge in [0, 0.05) is 18.1 Å². The van der Waals surface area contributed by atoms with Crippen LogP contribution in [0, 0.1) is 5.82 Å². The maximum Gasteiger partial charge on any atom is 0.141 e. The van der Waals surface area contributed by atoms with Crippen LogP contribution in [0.15, 0.2) is 30.6 Å². The molecule has 2 rings (SSSR count). The summed E-state index contributed by atoms with van der Waals surface area (Å²) in [7, 11) is 0. The van der Waals surface area contributed by atoms with Crippen molar-refractivity contribution in [2.45, 2.75) is 6.04 Å². The highest BCUT2D eigenvalue weighted by molar-refractivity contribution is 6.30. The van der Waals surface area contributed by atoms with E-state index in [9.17, 15) is 4.39 Å². The first-order valence-electron chi connectivity index (χ1n) is 4.98. The average molecular weight is 256 g/mol. The number of nitrogens with two attached hydrogens (primary N) is 1. The standard InChI is InChI=1S/C11H11ClFN3O/c12-8-5-7(1-2-9(8)13)16-4-3-15-11(16)10(14)6-17/h1-5,10,17H,6,14H2. The molecule has 1 atom stereocenters. The molecule has 0 fully saturated rings. The topological polar surface area (TPSA) is 64.1 Å². The lowest BCUT2D eigenvalue weighted by Gasteiger charge is -2.12. The molecule has 90 valence electrons. The summed E-state index contributed by atoms with van der Waals surface area (Å²) in [5, 5.41) is 9.04. The molecule has 0 bridgehead atoms. The van der Waals surface area contributed by atoms with Crippen molar-refractivity contribution >= 4 is 11.6 Å². The van der Waals surface area contributed by atoms with Gasteiger partial charge in [-0.3, -0.25) is 0 Å². The van der Waals surface area contributed by atoms with Gasteiger partial charge < -0.3 is 15.4 Å². The van der Waals surface area contributed by atoms with Crippen LogP contribution >= 0.6 is 11.6 Å². The van der Waals surface area contributed by atoms with Crippen molar-refractivity contribution in [3.05, 3.63) is 47.3 Å². The SMILES string of the molecule is NC(CO)c1nccn1-c1ccc(F)c(Cl)c1. The highest BCUT2D eigenvalue weighted by Gasteiger charge is 2.13. The molecule has 4 nitrogen and oxygen atoms in total. The second-order valence-corrected chi connectivity index (χ2v) is 3.95. The van der Waals surface area contributed by atoms with Crippen LogP contribution in [0.5, 0.6) is 0 Å². The van der Waals surface area contributed by atoms with E-state index >= 15 is 0 Å². The number of benzene rings is 1. The van der Waals surface area contributed by atoms with Crippen LogP contribution < -0.4 is 5.73 Å². The fourth-order valence-electron chi connectivity index (χ4n) is 1.52. The Morgan fingerprint density at radius 3 is 2.94 bits per heavy atom. The second-order valence-electron chi connectivity index (χ2n) is 3.54. The van der Waals surface area contributed by atoms with Crippen molar-refractivity contribution in [3.63, 3.8) is 0 Å². The van der Waals surface area contributed by atoms with Gasteiger partial charge >= 0.3 is 0 Å². The number of aromatic nitrogens is 2. The van der Waals surface area contributed by atoms with Gasteiger partial charge in [0.05, 0.1) is 17.7 Å². The van der Waals surface area contributed by atoms with Gasteiger partial charge in [0.2, 0.25) is 0 Å². The number of rotatable bonds is 3. The molecule has 2 aromatic rings. The third-order valence-corrected chi connectivity index (χ3v) is 2.67. The molecule has 6 heteroatoms. The number of imidazole rings is 1. The maximum atomic E-state index is 13.0. The summed E-state index contributed by atoms with van der Waals surface area (Å²) in [4.78, 5) is 4.06. The first-order chi connectivity index (χ1) is 8.13. The molecule has 0 aliphatic carbocycles. The van der Waals surface area contributed by atoms with E-state index < -0.39 is 11.9 Å². The van der Waals surface area contributed by atoms with Crippen LogP contribution in [0.25, 0.3) is 5.69 Å². The van der Waals surface area contributed by atoms with Gasteiger partial charge in [-0.15, -0.1) is 0 Å². The molecular formula is C11H11ClFN3O. The zero-order valence-electron chi connectivity index (χ0n) is 8.85. The molecule has 1 heterocycles. The van der Waals surface area contributed by atoms with Crippen LogP contribution in [-0.2, 0) is 0 Å². The summed E-state index contributed by atoms with van der Waals surface area (Å²) in [6.45, 7) is -0.216. The number of hydrogen-bond donors (Lipinski definition) is 2. The smallest absolute Gasteiger partial charge is 0.141 e. The molecule has 17 heavy (non-hydrogen) atoms. The minimum Gasteiger partial charge on any atom is -0.394 e. The predicted octanol–water partition coefficient (Wildman–Crippen LogP) is 1.66. The van der Waals surface area contributed by atoms with Crippen LogP contribution in [0.3, 0.4) is 0 Å². The molecule has 0 saturated heterocycles. The number of halogens is 2. The van der Waals surface area contributed by atoms with E-state index in [-0.39, 0.29) is 11.6 Å². The predicted molar refractivity (Wildman–Crippen MR) is 62.5 cm³/mol. The Morgan fingerprint density at radius 2 is 2.29 bits per heavy atom. The second kappa shape index (κ2) is 4.83. The van der Waals surface area contributed by atoms with Gasteiger partial charge in [-0.25, -0.2) is 9.37 Å². The molecule has 0 spiro atoms. The number of aliphatic hydroxyl groups excluding tert-OH is 1. The van der Waals surface area contributed by atoms with Gasteiger partial charge in [0.1, 0.15) is 11.6 Å². The normalized spacial score (nSPS) is 12.7. The average Bonchev–Trinajstić information content (AvgIpc) is 2.80. The van der Waals surface area contributed by atoms with Gasteiger partial charge in [-0.2, -0.15) is 0 Å².